The smallest absolute Gasteiger partial charge is 0.262 e. The number of nitrogens with one attached hydrogen (secondary N) is 1. The maximum atomic E-state index is 14.2. The molecule has 1 saturated heterocycles. The van der Waals surface area contributed by atoms with Crippen LogP contribution in [0.15, 0.2) is 104 Å². The molecule has 0 saturated carbocycles. The molecule has 0 spiro atoms. The summed E-state index contributed by atoms with van der Waals surface area (Å²) in [5.41, 5.74) is 1.38. The van der Waals surface area contributed by atoms with Gasteiger partial charge in [-0.3, -0.25) is 4.79 Å². The van der Waals surface area contributed by atoms with Crippen LogP contribution >= 0.6 is 0 Å². The normalized spacial score (nSPS) is 15.0. The summed E-state index contributed by atoms with van der Waals surface area (Å²) in [5, 5.41) is 14.2. The van der Waals surface area contributed by atoms with Crippen molar-refractivity contribution in [3.63, 3.8) is 0 Å². The summed E-state index contributed by atoms with van der Waals surface area (Å²) < 4.78 is 30.1. The largest absolute Gasteiger partial charge is 0.481 e. The minimum Gasteiger partial charge on any atom is -0.481 e. The quantitative estimate of drug-likeness (QED) is 0.173. The van der Waals surface area contributed by atoms with Crippen molar-refractivity contribution in [3.05, 3.63) is 121 Å². The van der Waals surface area contributed by atoms with Crippen molar-refractivity contribution in [3.8, 4) is 5.88 Å². The molecule has 1 aliphatic heterocycles. The average molecular weight is 705 g/mol. The Morgan fingerprint density at radius 1 is 1.00 bits per heavy atom. The number of aromatic nitrogens is 6. The number of methoxy groups -OCH3 is 1. The minimum absolute atomic E-state index is 0.165. The number of nitrogens with zero attached hydrogens (tertiary/aromatic N) is 7. The molecule has 1 atom stereocenters. The minimum atomic E-state index is -2.74. The summed E-state index contributed by atoms with van der Waals surface area (Å²) >= 11 is 0. The molecule has 1 aliphatic rings. The molecule has 0 aliphatic carbocycles. The first-order valence-corrected chi connectivity index (χ1v) is 19.0. The van der Waals surface area contributed by atoms with Gasteiger partial charge in [0.05, 0.1) is 44.9 Å². The molecule has 5 heterocycles. The molecule has 6 aromatic rings. The molecular formula is C38H41FN8O3Si. The highest BCUT2D eigenvalue weighted by Crippen LogP contribution is 2.39. The van der Waals surface area contributed by atoms with Gasteiger partial charge < -0.3 is 19.4 Å². The van der Waals surface area contributed by atoms with Gasteiger partial charge in [-0.1, -0.05) is 81.4 Å². The summed E-state index contributed by atoms with van der Waals surface area (Å²) in [5.74, 6) is 0.776. The lowest BCUT2D eigenvalue weighted by Gasteiger charge is -2.43. The third-order valence-electron chi connectivity index (χ3n) is 9.54. The number of halogens is 1. The van der Waals surface area contributed by atoms with E-state index in [1.807, 2.05) is 18.2 Å². The van der Waals surface area contributed by atoms with Gasteiger partial charge in [0.2, 0.25) is 5.88 Å². The Morgan fingerprint density at radius 2 is 1.73 bits per heavy atom. The van der Waals surface area contributed by atoms with Crippen molar-refractivity contribution in [2.45, 2.75) is 51.2 Å². The van der Waals surface area contributed by atoms with E-state index < -0.39 is 14.1 Å². The Labute approximate surface area is 297 Å². The average Bonchev–Trinajstić information content (AvgIpc) is 3.90. The zero-order valence-corrected chi connectivity index (χ0v) is 30.2. The van der Waals surface area contributed by atoms with Crippen LogP contribution < -0.4 is 25.3 Å². The van der Waals surface area contributed by atoms with Gasteiger partial charge in [0, 0.05) is 24.4 Å². The van der Waals surface area contributed by atoms with Crippen molar-refractivity contribution in [1.82, 2.24) is 29.4 Å². The van der Waals surface area contributed by atoms with Gasteiger partial charge in [-0.05, 0) is 40.4 Å². The van der Waals surface area contributed by atoms with Crippen molar-refractivity contribution >= 4 is 41.9 Å². The van der Waals surface area contributed by atoms with Crippen LogP contribution in [0.1, 0.15) is 55.6 Å². The fourth-order valence-electron chi connectivity index (χ4n) is 7.24. The molecule has 7 rings (SSSR count). The van der Waals surface area contributed by atoms with Crippen LogP contribution in [0.2, 0.25) is 5.04 Å². The Bertz CT molecular complexity index is 2090. The monoisotopic (exact) mass is 704 g/mol. The number of hydrogen-bond acceptors (Lipinski definition) is 8. The second-order valence-electron chi connectivity index (χ2n) is 13.6. The topological polar surface area (TPSA) is 112 Å². The summed E-state index contributed by atoms with van der Waals surface area (Å²) in [6.07, 6.45) is 7.76. The lowest BCUT2D eigenvalue weighted by Crippen LogP contribution is -2.66. The molecule has 13 heteroatoms. The Morgan fingerprint density at radius 3 is 2.41 bits per heavy atom. The third-order valence-corrected chi connectivity index (χ3v) is 14.6. The first kappa shape index (κ1) is 34.1. The molecule has 1 fully saturated rings. The maximum Gasteiger partial charge on any atom is 0.262 e. The highest BCUT2D eigenvalue weighted by molar-refractivity contribution is 6.99. The van der Waals surface area contributed by atoms with E-state index in [2.05, 4.69) is 94.7 Å². The standard InChI is InChI=1S/C38H41FN8O3Si/c1-38(2,3)51(28-12-7-5-8-13-28,29-14-9-6-10-15-29)50-23-22-46-34(17-19-41-46)44-36(48)31-26-42-47-21-18-33(43-35(31)47)45-20-11-16-32(45)30-24-27(39)25-40-37(30)49-4/h5-10,12-15,17-19,21,24-26,32H,11,16,20,22-23H2,1-4H3,(H,44,48). The molecule has 262 valence electrons. The second kappa shape index (κ2) is 14.1. The van der Waals surface area contributed by atoms with Gasteiger partial charge in [-0.2, -0.15) is 10.2 Å². The molecule has 51 heavy (non-hydrogen) atoms. The Hall–Kier alpha value is -5.40. The first-order valence-electron chi connectivity index (χ1n) is 17.1. The number of carbonyl (C=O) groups excluding carboxylic acids is 1. The fraction of sp³-hybridized carbons (Fsp3) is 0.289. The molecule has 0 bridgehead atoms. The van der Waals surface area contributed by atoms with Crippen molar-refractivity contribution in [1.29, 1.82) is 0 Å². The zero-order chi connectivity index (χ0) is 35.6. The van der Waals surface area contributed by atoms with E-state index >= 15 is 0 Å². The third kappa shape index (κ3) is 6.50. The summed E-state index contributed by atoms with van der Waals surface area (Å²) in [6, 6.07) is 25.9. The highest BCUT2D eigenvalue weighted by Gasteiger charge is 2.50. The lowest BCUT2D eigenvalue weighted by atomic mass is 10.1. The number of anilines is 2. The van der Waals surface area contributed by atoms with Crippen LogP contribution in [-0.4, -0.2) is 63.8 Å². The van der Waals surface area contributed by atoms with E-state index in [1.54, 1.807) is 27.7 Å². The van der Waals surface area contributed by atoms with Crippen LogP contribution in [-0.2, 0) is 11.0 Å². The summed E-state index contributed by atoms with van der Waals surface area (Å²) in [7, 11) is -1.21. The zero-order valence-electron chi connectivity index (χ0n) is 29.2. The van der Waals surface area contributed by atoms with Gasteiger partial charge >= 0.3 is 0 Å². The van der Waals surface area contributed by atoms with Crippen LogP contribution in [0.5, 0.6) is 5.88 Å². The lowest BCUT2D eigenvalue weighted by molar-refractivity contribution is 0.102. The number of carbonyl (C=O) groups is 1. The fourth-order valence-corrected chi connectivity index (χ4v) is 11.8. The molecule has 1 amide bonds. The predicted octanol–water partition coefficient (Wildman–Crippen LogP) is 5.64. The number of fused-ring (bicyclic) bond motifs is 1. The SMILES string of the molecule is COc1ncc(F)cc1C1CCCN1c1ccn2ncc(C(=O)Nc3ccnn3CCO[Si](c3ccccc3)(c3ccccc3)C(C)(C)C)c2n1. The van der Waals surface area contributed by atoms with Crippen LogP contribution in [0.3, 0.4) is 0 Å². The second-order valence-corrected chi connectivity index (χ2v) is 17.9. The van der Waals surface area contributed by atoms with Gasteiger partial charge in [0.25, 0.3) is 14.2 Å². The number of amides is 1. The van der Waals surface area contributed by atoms with Crippen LogP contribution in [0.4, 0.5) is 16.0 Å². The van der Waals surface area contributed by atoms with E-state index in [9.17, 15) is 9.18 Å². The van der Waals surface area contributed by atoms with Gasteiger partial charge in [-0.15, -0.1) is 0 Å². The van der Waals surface area contributed by atoms with E-state index in [0.717, 1.165) is 19.0 Å². The Balaban J connectivity index is 1.11. The van der Waals surface area contributed by atoms with E-state index in [4.69, 9.17) is 14.1 Å². The number of rotatable bonds is 11. The number of benzene rings is 2. The van der Waals surface area contributed by atoms with E-state index in [0.29, 0.717) is 54.0 Å². The molecular weight excluding hydrogens is 664 g/mol. The van der Waals surface area contributed by atoms with Crippen molar-refractivity contribution < 1.29 is 18.3 Å². The Kier molecular flexibility index (Phi) is 9.40. The van der Waals surface area contributed by atoms with Gasteiger partial charge in [-0.25, -0.2) is 23.6 Å². The predicted molar refractivity (Wildman–Crippen MR) is 197 cm³/mol. The summed E-state index contributed by atoms with van der Waals surface area (Å²) in [6.45, 7) is 8.26. The first-order chi connectivity index (χ1) is 24.7. The molecule has 2 aromatic carbocycles. The highest BCUT2D eigenvalue weighted by atomic mass is 28.4. The molecule has 0 radical (unpaired) electrons. The van der Waals surface area contributed by atoms with Gasteiger partial charge in [0.1, 0.15) is 23.0 Å². The van der Waals surface area contributed by atoms with Crippen LogP contribution in [0.25, 0.3) is 5.65 Å². The summed E-state index contributed by atoms with van der Waals surface area (Å²) in [4.78, 5) is 24.9. The number of pyridine rings is 1. The number of hydrogen-bond donors (Lipinski definition) is 1. The molecule has 11 nitrogen and oxygen atoms in total. The van der Waals surface area contributed by atoms with Crippen molar-refractivity contribution in [2.24, 2.45) is 0 Å². The van der Waals surface area contributed by atoms with Crippen molar-refractivity contribution in [2.75, 3.05) is 30.5 Å². The molecule has 4 aromatic heterocycles. The molecule has 1 N–H and O–H groups in total. The maximum absolute atomic E-state index is 14.2. The number of ether oxygens (including phenoxy) is 1. The van der Waals surface area contributed by atoms with E-state index in [-0.39, 0.29) is 17.0 Å². The molecule has 1 unspecified atom stereocenters. The van der Waals surface area contributed by atoms with Gasteiger partial charge in [0.15, 0.2) is 5.65 Å². The van der Waals surface area contributed by atoms with Crippen LogP contribution in [0, 0.1) is 5.82 Å². The van der Waals surface area contributed by atoms with E-state index in [1.165, 1.54) is 29.7 Å².